The van der Waals surface area contributed by atoms with Gasteiger partial charge in [-0.25, -0.2) is 4.98 Å². The fourth-order valence-electron chi connectivity index (χ4n) is 3.03. The second-order valence-electron chi connectivity index (χ2n) is 5.43. The molecule has 3 aromatic rings. The number of aromatic nitrogens is 1. The van der Waals surface area contributed by atoms with E-state index in [1.54, 1.807) is 0 Å². The lowest BCUT2D eigenvalue weighted by Crippen LogP contribution is -2.21. The largest absolute Gasteiger partial charge is 0.385 e. The van der Waals surface area contributed by atoms with Gasteiger partial charge in [0.1, 0.15) is 6.10 Å². The Labute approximate surface area is 123 Å². The van der Waals surface area contributed by atoms with E-state index in [9.17, 15) is 5.11 Å². The van der Waals surface area contributed by atoms with E-state index in [1.807, 2.05) is 48.5 Å². The summed E-state index contributed by atoms with van der Waals surface area (Å²) in [6.07, 6.45) is -0.641. The zero-order chi connectivity index (χ0) is 14.2. The lowest BCUT2D eigenvalue weighted by molar-refractivity contribution is 0.129. The summed E-state index contributed by atoms with van der Waals surface area (Å²) < 4.78 is 0. The van der Waals surface area contributed by atoms with Crippen LogP contribution in [0.15, 0.2) is 60.7 Å². The van der Waals surface area contributed by atoms with E-state index in [4.69, 9.17) is 0 Å². The summed E-state index contributed by atoms with van der Waals surface area (Å²) in [4.78, 5) is 4.60. The first kappa shape index (κ1) is 12.5. The second-order valence-corrected chi connectivity index (χ2v) is 5.43. The molecule has 3 heteroatoms. The van der Waals surface area contributed by atoms with Gasteiger partial charge < -0.3 is 10.4 Å². The van der Waals surface area contributed by atoms with Gasteiger partial charge in [-0.05, 0) is 23.3 Å². The number of aliphatic hydroxyl groups is 1. The fraction of sp³-hybridized carbons (Fsp3) is 0.167. The topological polar surface area (TPSA) is 45.2 Å². The molecule has 0 aliphatic carbocycles. The molecule has 0 bridgehead atoms. The first-order valence-corrected chi connectivity index (χ1v) is 7.18. The average Bonchev–Trinajstić information content (AvgIpc) is 2.98. The molecule has 0 radical (unpaired) electrons. The summed E-state index contributed by atoms with van der Waals surface area (Å²) in [5, 5.41) is 15.2. The Morgan fingerprint density at radius 1 is 1.00 bits per heavy atom. The van der Waals surface area contributed by atoms with E-state index in [2.05, 4.69) is 22.4 Å². The molecule has 2 aromatic carbocycles. The number of hydrogen-bond acceptors (Lipinski definition) is 3. The summed E-state index contributed by atoms with van der Waals surface area (Å²) in [6.45, 7) is 0.797. The highest BCUT2D eigenvalue weighted by molar-refractivity contribution is 5.78. The minimum absolute atomic E-state index is 0.0881. The molecule has 2 unspecified atom stereocenters. The average molecular weight is 276 g/mol. The second kappa shape index (κ2) is 4.95. The van der Waals surface area contributed by atoms with Crippen molar-refractivity contribution < 1.29 is 5.11 Å². The SMILES string of the molecule is OC(c1ccc2ccccc2n1)C1NCc2ccccc21. The van der Waals surface area contributed by atoms with Crippen molar-refractivity contribution in [3.8, 4) is 0 Å². The normalized spacial score (nSPS) is 18.6. The maximum absolute atomic E-state index is 10.7. The van der Waals surface area contributed by atoms with Crippen LogP contribution in [0.3, 0.4) is 0 Å². The van der Waals surface area contributed by atoms with Crippen LogP contribution >= 0.6 is 0 Å². The molecule has 1 aliphatic rings. The molecule has 0 amide bonds. The maximum Gasteiger partial charge on any atom is 0.115 e. The van der Waals surface area contributed by atoms with Crippen molar-refractivity contribution in [2.75, 3.05) is 0 Å². The Morgan fingerprint density at radius 3 is 2.76 bits per heavy atom. The van der Waals surface area contributed by atoms with Crippen LogP contribution in [0.4, 0.5) is 0 Å². The van der Waals surface area contributed by atoms with E-state index in [1.165, 1.54) is 11.1 Å². The standard InChI is InChI=1S/C18H16N2O/c21-18(17-14-7-3-1-6-13(14)11-19-17)16-10-9-12-5-2-4-8-15(12)20-16/h1-10,17-19,21H,11H2. The van der Waals surface area contributed by atoms with Crippen LogP contribution in [0, 0.1) is 0 Å². The van der Waals surface area contributed by atoms with Crippen LogP contribution in [0.5, 0.6) is 0 Å². The third kappa shape index (κ3) is 2.11. The van der Waals surface area contributed by atoms with E-state index in [0.29, 0.717) is 5.69 Å². The van der Waals surface area contributed by atoms with Crippen molar-refractivity contribution in [1.29, 1.82) is 0 Å². The molecule has 104 valence electrons. The van der Waals surface area contributed by atoms with Gasteiger partial charge in [-0.3, -0.25) is 0 Å². The van der Waals surface area contributed by atoms with Crippen LogP contribution in [-0.2, 0) is 6.54 Å². The van der Waals surface area contributed by atoms with Gasteiger partial charge in [-0.1, -0.05) is 48.5 Å². The van der Waals surface area contributed by atoms with E-state index < -0.39 is 6.10 Å². The number of benzene rings is 2. The Hall–Kier alpha value is -2.23. The number of rotatable bonds is 2. The predicted octanol–water partition coefficient (Wildman–Crippen LogP) is 3.11. The molecule has 21 heavy (non-hydrogen) atoms. The quantitative estimate of drug-likeness (QED) is 0.756. The molecule has 0 fully saturated rings. The van der Waals surface area contributed by atoms with Crippen LogP contribution < -0.4 is 5.32 Å². The molecule has 2 atom stereocenters. The van der Waals surface area contributed by atoms with Crippen LogP contribution in [0.2, 0.25) is 0 Å². The molecule has 1 aromatic heterocycles. The Balaban J connectivity index is 1.72. The highest BCUT2D eigenvalue weighted by atomic mass is 16.3. The monoisotopic (exact) mass is 276 g/mol. The van der Waals surface area contributed by atoms with Crippen molar-refractivity contribution in [2.24, 2.45) is 0 Å². The molecule has 4 rings (SSSR count). The minimum atomic E-state index is -0.641. The predicted molar refractivity (Wildman–Crippen MR) is 82.7 cm³/mol. The highest BCUT2D eigenvalue weighted by Gasteiger charge is 2.29. The van der Waals surface area contributed by atoms with Crippen molar-refractivity contribution >= 4 is 10.9 Å². The number of aliphatic hydroxyl groups excluding tert-OH is 1. The molecular weight excluding hydrogens is 260 g/mol. The third-order valence-corrected chi connectivity index (χ3v) is 4.14. The lowest BCUT2D eigenvalue weighted by Gasteiger charge is -2.19. The maximum atomic E-state index is 10.7. The number of para-hydroxylation sites is 1. The van der Waals surface area contributed by atoms with Crippen molar-refractivity contribution in [2.45, 2.75) is 18.7 Å². The van der Waals surface area contributed by atoms with Gasteiger partial charge in [-0.15, -0.1) is 0 Å². The van der Waals surface area contributed by atoms with Crippen LogP contribution in [0.25, 0.3) is 10.9 Å². The van der Waals surface area contributed by atoms with Gasteiger partial charge in [0.25, 0.3) is 0 Å². The smallest absolute Gasteiger partial charge is 0.115 e. The van der Waals surface area contributed by atoms with E-state index in [-0.39, 0.29) is 6.04 Å². The first-order chi connectivity index (χ1) is 10.3. The zero-order valence-electron chi connectivity index (χ0n) is 11.5. The van der Waals surface area contributed by atoms with Crippen molar-refractivity contribution in [3.05, 3.63) is 77.5 Å². The zero-order valence-corrected chi connectivity index (χ0v) is 11.5. The number of hydrogen-bond donors (Lipinski definition) is 2. The molecule has 2 N–H and O–H groups in total. The summed E-state index contributed by atoms with van der Waals surface area (Å²) in [5.74, 6) is 0. The Morgan fingerprint density at radius 2 is 1.81 bits per heavy atom. The van der Waals surface area contributed by atoms with Gasteiger partial charge >= 0.3 is 0 Å². The lowest BCUT2D eigenvalue weighted by atomic mass is 9.98. The van der Waals surface area contributed by atoms with Gasteiger partial charge in [0.2, 0.25) is 0 Å². The van der Waals surface area contributed by atoms with Gasteiger partial charge in [0.05, 0.1) is 17.3 Å². The molecule has 1 aliphatic heterocycles. The summed E-state index contributed by atoms with van der Waals surface area (Å²) >= 11 is 0. The van der Waals surface area contributed by atoms with Crippen LogP contribution in [0.1, 0.15) is 29.0 Å². The molecule has 0 spiro atoms. The molecule has 0 saturated carbocycles. The Kier molecular flexibility index (Phi) is 2.95. The summed E-state index contributed by atoms with van der Waals surface area (Å²) in [7, 11) is 0. The first-order valence-electron chi connectivity index (χ1n) is 7.18. The molecule has 3 nitrogen and oxygen atoms in total. The van der Waals surface area contributed by atoms with Crippen molar-refractivity contribution in [1.82, 2.24) is 10.3 Å². The molecule has 2 heterocycles. The number of nitrogens with zero attached hydrogens (tertiary/aromatic N) is 1. The highest BCUT2D eigenvalue weighted by Crippen LogP contribution is 2.34. The molecular formula is C18H16N2O. The third-order valence-electron chi connectivity index (χ3n) is 4.14. The van der Waals surface area contributed by atoms with Gasteiger partial charge in [0, 0.05) is 11.9 Å². The number of fused-ring (bicyclic) bond motifs is 2. The Bertz CT molecular complexity index is 800. The van der Waals surface area contributed by atoms with Gasteiger partial charge in [-0.2, -0.15) is 0 Å². The molecule has 0 saturated heterocycles. The van der Waals surface area contributed by atoms with E-state index >= 15 is 0 Å². The fourth-order valence-corrected chi connectivity index (χ4v) is 3.03. The van der Waals surface area contributed by atoms with E-state index in [0.717, 1.165) is 17.4 Å². The van der Waals surface area contributed by atoms with Gasteiger partial charge in [0.15, 0.2) is 0 Å². The van der Waals surface area contributed by atoms with Crippen LogP contribution in [-0.4, -0.2) is 10.1 Å². The number of pyridine rings is 1. The summed E-state index contributed by atoms with van der Waals surface area (Å²) in [5.41, 5.74) is 4.05. The minimum Gasteiger partial charge on any atom is -0.385 e. The van der Waals surface area contributed by atoms with Crippen molar-refractivity contribution in [3.63, 3.8) is 0 Å². The summed E-state index contributed by atoms with van der Waals surface area (Å²) in [6, 6.07) is 20.0. The number of nitrogens with one attached hydrogen (secondary N) is 1.